The van der Waals surface area contributed by atoms with E-state index in [2.05, 4.69) is 99.4 Å². The van der Waals surface area contributed by atoms with Gasteiger partial charge in [-0.1, -0.05) is 46.8 Å². The third-order valence-corrected chi connectivity index (χ3v) is 16.6. The second-order valence-corrected chi connectivity index (χ2v) is 20.6. The number of rotatable bonds is 1. The van der Waals surface area contributed by atoms with Crippen molar-refractivity contribution in [2.45, 2.75) is 162 Å². The Morgan fingerprint density at radius 3 is 2.37 bits per heavy atom. The number of hydrogen-bond donors (Lipinski definition) is 1. The SMILES string of the molecule is C=C(C)[C@H]1C(=O)c2c3c(cc4c5c(n1c24)C1(C)C(CCC2[C@]4(C)CC(C)(C)C(C)(C)O[C@H]4CC[C@@]21C)C5)C1=CC(C)(C)OC(C)(C)C1[C@@H]3O. The molecule has 2 aromatic rings. The maximum atomic E-state index is 14.9. The largest absolute Gasteiger partial charge is 0.388 e. The molecule has 1 N–H and O–H groups in total. The Morgan fingerprint density at radius 1 is 1.00 bits per heavy atom. The van der Waals surface area contributed by atoms with Crippen molar-refractivity contribution in [3.63, 3.8) is 0 Å². The van der Waals surface area contributed by atoms with Crippen molar-refractivity contribution in [1.29, 1.82) is 0 Å². The number of aromatic nitrogens is 1. The fraction of sp³-hybridized carbons (Fsp3) is 0.705. The summed E-state index contributed by atoms with van der Waals surface area (Å²) in [6.45, 7) is 32.1. The Kier molecular flexibility index (Phi) is 6.03. The van der Waals surface area contributed by atoms with Gasteiger partial charge >= 0.3 is 0 Å². The van der Waals surface area contributed by atoms with Crippen molar-refractivity contribution in [3.8, 4) is 0 Å². The Balaban J connectivity index is 1.28. The number of carbonyl (C=O) groups excluding carboxylic acids is 1. The van der Waals surface area contributed by atoms with E-state index in [1.54, 1.807) is 0 Å². The molecule has 49 heavy (non-hydrogen) atoms. The number of Topliss-reactive ketones (excluding diaryl/α,β-unsaturated/α-hetero) is 1. The highest BCUT2D eigenvalue weighted by Crippen LogP contribution is 2.74. The number of ether oxygens (including phenoxy) is 2. The zero-order valence-corrected chi connectivity index (χ0v) is 32.2. The average Bonchev–Trinajstić information content (AvgIpc) is 3.62. The van der Waals surface area contributed by atoms with Crippen LogP contribution >= 0.6 is 0 Å². The van der Waals surface area contributed by atoms with Gasteiger partial charge in [0.05, 0.1) is 40.1 Å². The molecular formula is C44H59NO4. The molecule has 1 saturated heterocycles. The van der Waals surface area contributed by atoms with Gasteiger partial charge in [-0.15, -0.1) is 0 Å². The molecule has 1 aromatic carbocycles. The van der Waals surface area contributed by atoms with Crippen molar-refractivity contribution in [2.75, 3.05) is 0 Å². The minimum atomic E-state index is -0.799. The van der Waals surface area contributed by atoms with Crippen LogP contribution in [0.1, 0.15) is 160 Å². The lowest BCUT2D eigenvalue weighted by Crippen LogP contribution is -2.67. The summed E-state index contributed by atoms with van der Waals surface area (Å²) in [6.07, 6.45) is 8.56. The predicted octanol–water partition coefficient (Wildman–Crippen LogP) is 9.83. The van der Waals surface area contributed by atoms with Gasteiger partial charge in [-0.05, 0) is 144 Å². The van der Waals surface area contributed by atoms with E-state index in [9.17, 15) is 9.90 Å². The number of nitrogens with zero attached hydrogens (tertiary/aromatic N) is 1. The van der Waals surface area contributed by atoms with Crippen LogP contribution in [0.2, 0.25) is 0 Å². The van der Waals surface area contributed by atoms with E-state index in [-0.39, 0.29) is 45.1 Å². The van der Waals surface area contributed by atoms with Gasteiger partial charge in [0.1, 0.15) is 6.04 Å². The van der Waals surface area contributed by atoms with Crippen LogP contribution in [0.3, 0.4) is 0 Å². The van der Waals surface area contributed by atoms with E-state index >= 15 is 0 Å². The third-order valence-electron chi connectivity index (χ3n) is 16.6. The van der Waals surface area contributed by atoms with E-state index in [1.165, 1.54) is 35.9 Å². The highest BCUT2D eigenvalue weighted by atomic mass is 16.5. The van der Waals surface area contributed by atoms with Crippen LogP contribution in [0, 0.1) is 34.0 Å². The van der Waals surface area contributed by atoms with Crippen LogP contribution in [0.15, 0.2) is 24.3 Å². The molecule has 3 aliphatic heterocycles. The van der Waals surface area contributed by atoms with E-state index in [0.717, 1.165) is 52.6 Å². The smallest absolute Gasteiger partial charge is 0.192 e. The summed E-state index contributed by atoms with van der Waals surface area (Å²) in [5.74, 6) is 0.932. The van der Waals surface area contributed by atoms with E-state index in [0.29, 0.717) is 11.8 Å². The zero-order chi connectivity index (χ0) is 35.4. The van der Waals surface area contributed by atoms with Crippen molar-refractivity contribution >= 4 is 22.3 Å². The Hall–Kier alpha value is -2.21. The number of carbonyl (C=O) groups is 1. The molecular weight excluding hydrogens is 606 g/mol. The highest BCUT2D eigenvalue weighted by molar-refractivity contribution is 6.18. The molecule has 7 aliphatic rings. The minimum Gasteiger partial charge on any atom is -0.388 e. The molecule has 5 heteroatoms. The first-order valence-electron chi connectivity index (χ1n) is 19.3. The van der Waals surface area contributed by atoms with Crippen molar-refractivity contribution < 1.29 is 19.4 Å². The maximum Gasteiger partial charge on any atom is 0.192 e. The zero-order valence-electron chi connectivity index (χ0n) is 32.2. The maximum absolute atomic E-state index is 14.9. The van der Waals surface area contributed by atoms with Gasteiger partial charge in [0.15, 0.2) is 5.78 Å². The normalized spacial score (nSPS) is 42.9. The van der Waals surface area contributed by atoms with Crippen LogP contribution < -0.4 is 0 Å². The molecule has 9 atom stereocenters. The second kappa shape index (κ2) is 9.04. The molecule has 3 fully saturated rings. The van der Waals surface area contributed by atoms with Crippen LogP contribution in [0.5, 0.6) is 0 Å². The van der Waals surface area contributed by atoms with Gasteiger partial charge in [-0.2, -0.15) is 0 Å². The molecule has 2 saturated carbocycles. The molecule has 5 nitrogen and oxygen atoms in total. The lowest BCUT2D eigenvalue weighted by atomic mass is 9.38. The molecule has 4 heterocycles. The predicted molar refractivity (Wildman–Crippen MR) is 196 cm³/mol. The van der Waals surface area contributed by atoms with E-state index < -0.39 is 23.3 Å². The number of hydrogen-bond acceptors (Lipinski definition) is 4. The van der Waals surface area contributed by atoms with Crippen LogP contribution in [0.4, 0.5) is 0 Å². The standard InChI is InChI=1S/C44H59NO4/c1-22(2)33-36(47)31-30-24(27-20-39(5,6)49-40(7,8)32(27)35(30)46)19-25-26-18-23-14-15-28-42(11)21-38(3,4)41(9,10)48-29(42)16-17-43(28,12)44(23,13)37(26)45(33)34(25)31/h19-20,23,28-29,32-33,35,46H,1,14-18,21H2,2-13H3/t23?,28?,29-,32?,33-,35+,42-,43-,44?/m0/s1. The molecule has 4 unspecified atom stereocenters. The first-order chi connectivity index (χ1) is 22.5. The van der Waals surface area contributed by atoms with Gasteiger partial charge in [-0.3, -0.25) is 4.79 Å². The van der Waals surface area contributed by atoms with Crippen molar-refractivity contribution in [1.82, 2.24) is 4.57 Å². The third kappa shape index (κ3) is 3.57. The highest BCUT2D eigenvalue weighted by Gasteiger charge is 2.70. The molecule has 0 amide bonds. The summed E-state index contributed by atoms with van der Waals surface area (Å²) < 4.78 is 16.1. The van der Waals surface area contributed by atoms with E-state index in [4.69, 9.17) is 9.47 Å². The van der Waals surface area contributed by atoms with Gasteiger partial charge in [0, 0.05) is 28.0 Å². The summed E-state index contributed by atoms with van der Waals surface area (Å²) in [4.78, 5) is 14.9. The van der Waals surface area contributed by atoms with Crippen molar-refractivity contribution in [3.05, 3.63) is 52.2 Å². The molecule has 1 aromatic heterocycles. The Labute approximate surface area is 293 Å². The van der Waals surface area contributed by atoms with Crippen LogP contribution in [0.25, 0.3) is 16.5 Å². The number of aliphatic hydroxyl groups is 1. The minimum absolute atomic E-state index is 0.0528. The summed E-state index contributed by atoms with van der Waals surface area (Å²) in [5.41, 5.74) is 7.43. The van der Waals surface area contributed by atoms with Crippen LogP contribution in [-0.4, -0.2) is 38.4 Å². The number of aliphatic hydroxyl groups excluding tert-OH is 1. The average molecular weight is 666 g/mol. The number of allylic oxidation sites excluding steroid dienone is 1. The Bertz CT molecular complexity index is 1940. The van der Waals surface area contributed by atoms with Crippen molar-refractivity contribution in [2.24, 2.45) is 34.0 Å². The fourth-order valence-corrected chi connectivity index (χ4v) is 14.1. The van der Waals surface area contributed by atoms with Gasteiger partial charge < -0.3 is 19.1 Å². The number of ketones is 1. The topological polar surface area (TPSA) is 60.7 Å². The molecule has 4 aliphatic carbocycles. The quantitative estimate of drug-likeness (QED) is 0.308. The van der Waals surface area contributed by atoms with Gasteiger partial charge in [-0.25, -0.2) is 0 Å². The molecule has 0 radical (unpaired) electrons. The monoisotopic (exact) mass is 665 g/mol. The molecule has 0 spiro atoms. The molecule has 264 valence electrons. The number of benzene rings is 1. The summed E-state index contributed by atoms with van der Waals surface area (Å²) >= 11 is 0. The first kappa shape index (κ1) is 32.7. The fourth-order valence-electron chi connectivity index (χ4n) is 14.1. The Morgan fingerprint density at radius 2 is 1.69 bits per heavy atom. The number of fused-ring (bicyclic) bond motifs is 13. The summed E-state index contributed by atoms with van der Waals surface area (Å²) in [5, 5.41) is 13.4. The second-order valence-electron chi connectivity index (χ2n) is 20.6. The summed E-state index contributed by atoms with van der Waals surface area (Å²) in [6, 6.07) is 1.93. The van der Waals surface area contributed by atoms with Crippen LogP contribution in [-0.2, 0) is 21.3 Å². The van der Waals surface area contributed by atoms with E-state index in [1.807, 2.05) is 6.92 Å². The first-order valence-corrected chi connectivity index (χ1v) is 19.3. The molecule has 0 bridgehead atoms. The molecule has 9 rings (SSSR count). The van der Waals surface area contributed by atoms with Gasteiger partial charge in [0.2, 0.25) is 0 Å². The lowest BCUT2D eigenvalue weighted by molar-refractivity contribution is -0.283. The summed E-state index contributed by atoms with van der Waals surface area (Å²) in [7, 11) is 0. The lowest BCUT2D eigenvalue weighted by Gasteiger charge is -2.69. The van der Waals surface area contributed by atoms with Gasteiger partial charge in [0.25, 0.3) is 0 Å².